The second-order valence-corrected chi connectivity index (χ2v) is 7.56. The first-order valence-electron chi connectivity index (χ1n) is 9.45. The van der Waals surface area contributed by atoms with E-state index in [9.17, 15) is 19.2 Å². The highest BCUT2D eigenvalue weighted by Gasteiger charge is 2.48. The lowest BCUT2D eigenvalue weighted by Gasteiger charge is -2.19. The molecule has 3 atom stereocenters. The van der Waals surface area contributed by atoms with Crippen LogP contribution in [0.4, 0.5) is 0 Å². The molecule has 1 aromatic rings. The molecule has 3 unspecified atom stereocenters. The number of carbonyl (C=O) groups is 4. The molecule has 2 aliphatic rings. The van der Waals surface area contributed by atoms with Gasteiger partial charge in [-0.3, -0.25) is 24.1 Å². The summed E-state index contributed by atoms with van der Waals surface area (Å²) in [6, 6.07) is 5.31. The molecule has 0 aromatic heterocycles. The van der Waals surface area contributed by atoms with Crippen molar-refractivity contribution in [3.05, 3.63) is 34.9 Å². The molecular weight excluding hydrogens is 346 g/mol. The number of nitrogens with zero attached hydrogens (tertiary/aromatic N) is 1. The maximum atomic E-state index is 12.5. The number of ketones is 1. The summed E-state index contributed by atoms with van der Waals surface area (Å²) >= 11 is 0. The first-order valence-corrected chi connectivity index (χ1v) is 9.45. The molecule has 1 saturated carbocycles. The van der Waals surface area contributed by atoms with Crippen LogP contribution >= 0.6 is 0 Å². The van der Waals surface area contributed by atoms with Gasteiger partial charge in [0.25, 0.3) is 0 Å². The molecule has 1 aromatic carbocycles. The smallest absolute Gasteiger partial charge is 0.326 e. The lowest BCUT2D eigenvalue weighted by Crippen LogP contribution is -2.38. The van der Waals surface area contributed by atoms with Crippen LogP contribution in [-0.2, 0) is 19.1 Å². The van der Waals surface area contributed by atoms with Gasteiger partial charge in [0.1, 0.15) is 6.54 Å². The van der Waals surface area contributed by atoms with E-state index >= 15 is 0 Å². The average molecular weight is 371 g/mol. The van der Waals surface area contributed by atoms with Crippen LogP contribution in [0.5, 0.6) is 0 Å². The van der Waals surface area contributed by atoms with Gasteiger partial charge in [0.15, 0.2) is 6.10 Å². The molecule has 6 nitrogen and oxygen atoms in total. The molecule has 3 rings (SSSR count). The van der Waals surface area contributed by atoms with E-state index in [2.05, 4.69) is 0 Å². The molecule has 1 aliphatic carbocycles. The number of hydrogen-bond acceptors (Lipinski definition) is 5. The molecule has 144 valence electrons. The molecule has 2 fully saturated rings. The number of benzene rings is 1. The molecular formula is C21H25NO5. The lowest BCUT2D eigenvalue weighted by molar-refractivity contribution is -0.154. The first kappa shape index (κ1) is 19.3. The van der Waals surface area contributed by atoms with Crippen molar-refractivity contribution in [2.45, 2.75) is 52.6 Å². The van der Waals surface area contributed by atoms with Crippen LogP contribution in [0.25, 0.3) is 0 Å². The SMILES string of the molecule is Cc1ccc(C(=O)C(C)OC(=O)CN2C(=O)C3CCCCC3C2=O)cc1C. The minimum atomic E-state index is -0.977. The summed E-state index contributed by atoms with van der Waals surface area (Å²) in [5, 5.41) is 0. The van der Waals surface area contributed by atoms with Crippen molar-refractivity contribution in [3.8, 4) is 0 Å². The van der Waals surface area contributed by atoms with Crippen LogP contribution in [-0.4, -0.2) is 41.1 Å². The Hall–Kier alpha value is -2.50. The average Bonchev–Trinajstić information content (AvgIpc) is 2.88. The summed E-state index contributed by atoms with van der Waals surface area (Å²) in [7, 11) is 0. The maximum Gasteiger partial charge on any atom is 0.326 e. The van der Waals surface area contributed by atoms with Gasteiger partial charge in [0.05, 0.1) is 11.8 Å². The third kappa shape index (κ3) is 3.80. The Morgan fingerprint density at radius 3 is 2.22 bits per heavy atom. The Morgan fingerprint density at radius 1 is 1.07 bits per heavy atom. The minimum absolute atomic E-state index is 0.283. The number of carbonyl (C=O) groups excluding carboxylic acids is 4. The van der Waals surface area contributed by atoms with Gasteiger partial charge in [0.2, 0.25) is 17.6 Å². The Bertz CT molecular complexity index is 776. The molecule has 1 aliphatic heterocycles. The van der Waals surface area contributed by atoms with Gasteiger partial charge in [-0.1, -0.05) is 25.0 Å². The standard InChI is InChI=1S/C21H25NO5/c1-12-8-9-15(10-13(12)2)19(24)14(3)27-18(23)11-22-20(25)16-6-4-5-7-17(16)21(22)26/h8-10,14,16-17H,4-7,11H2,1-3H3. The number of amides is 2. The van der Waals surface area contributed by atoms with Gasteiger partial charge in [-0.05, 0) is 50.8 Å². The zero-order chi connectivity index (χ0) is 19.7. The van der Waals surface area contributed by atoms with Gasteiger partial charge in [-0.15, -0.1) is 0 Å². The predicted molar refractivity (Wildman–Crippen MR) is 98.0 cm³/mol. The Kier molecular flexibility index (Phi) is 5.44. The molecule has 0 radical (unpaired) electrons. The largest absolute Gasteiger partial charge is 0.453 e. The van der Waals surface area contributed by atoms with Crippen LogP contribution in [0.1, 0.15) is 54.1 Å². The number of Topliss-reactive ketones (excluding diaryl/α,β-unsaturated/α-hetero) is 1. The van der Waals surface area contributed by atoms with Crippen molar-refractivity contribution in [3.63, 3.8) is 0 Å². The zero-order valence-corrected chi connectivity index (χ0v) is 16.0. The Balaban J connectivity index is 1.61. The van der Waals surface area contributed by atoms with E-state index in [0.29, 0.717) is 18.4 Å². The number of ether oxygens (including phenoxy) is 1. The molecule has 1 saturated heterocycles. The summed E-state index contributed by atoms with van der Waals surface area (Å²) in [5.74, 6) is -2.20. The number of hydrogen-bond donors (Lipinski definition) is 0. The topological polar surface area (TPSA) is 80.8 Å². The highest BCUT2D eigenvalue weighted by Crippen LogP contribution is 2.37. The molecule has 27 heavy (non-hydrogen) atoms. The van der Waals surface area contributed by atoms with Crippen LogP contribution in [0, 0.1) is 25.7 Å². The third-order valence-corrected chi connectivity index (χ3v) is 5.69. The van der Waals surface area contributed by atoms with Gasteiger partial charge in [-0.25, -0.2) is 0 Å². The number of rotatable bonds is 5. The second-order valence-electron chi connectivity index (χ2n) is 7.56. The van der Waals surface area contributed by atoms with E-state index in [1.54, 1.807) is 12.1 Å². The predicted octanol–water partition coefficient (Wildman–Crippen LogP) is 2.59. The van der Waals surface area contributed by atoms with Crippen molar-refractivity contribution in [2.24, 2.45) is 11.8 Å². The summed E-state index contributed by atoms with van der Waals surface area (Å²) in [4.78, 5) is 50.6. The van der Waals surface area contributed by atoms with Crippen molar-refractivity contribution in [2.75, 3.05) is 6.54 Å². The molecule has 0 N–H and O–H groups in total. The minimum Gasteiger partial charge on any atom is -0.453 e. The molecule has 0 bridgehead atoms. The maximum absolute atomic E-state index is 12.5. The highest BCUT2D eigenvalue weighted by atomic mass is 16.5. The van der Waals surface area contributed by atoms with E-state index < -0.39 is 18.6 Å². The van der Waals surface area contributed by atoms with Crippen LogP contribution in [0.2, 0.25) is 0 Å². The summed E-state index contributed by atoms with van der Waals surface area (Å²) in [6.07, 6.45) is 2.28. The fourth-order valence-corrected chi connectivity index (χ4v) is 3.93. The lowest BCUT2D eigenvalue weighted by atomic mass is 9.81. The highest BCUT2D eigenvalue weighted by molar-refractivity contribution is 6.07. The molecule has 2 amide bonds. The monoisotopic (exact) mass is 371 g/mol. The van der Waals surface area contributed by atoms with Gasteiger partial charge in [0, 0.05) is 5.56 Å². The van der Waals surface area contributed by atoms with Crippen LogP contribution in [0.3, 0.4) is 0 Å². The fourth-order valence-electron chi connectivity index (χ4n) is 3.93. The van der Waals surface area contributed by atoms with Crippen LogP contribution in [0.15, 0.2) is 18.2 Å². The quantitative estimate of drug-likeness (QED) is 0.451. The summed E-state index contributed by atoms with van der Waals surface area (Å²) in [6.45, 7) is 4.94. The fraction of sp³-hybridized carbons (Fsp3) is 0.524. The van der Waals surface area contributed by atoms with Gasteiger partial charge in [-0.2, -0.15) is 0 Å². The van der Waals surface area contributed by atoms with E-state index in [1.165, 1.54) is 6.92 Å². The van der Waals surface area contributed by atoms with E-state index in [0.717, 1.165) is 28.9 Å². The summed E-state index contributed by atoms with van der Waals surface area (Å²) < 4.78 is 5.21. The molecule has 0 spiro atoms. The first-order chi connectivity index (χ1) is 12.8. The number of esters is 1. The van der Waals surface area contributed by atoms with E-state index in [4.69, 9.17) is 4.74 Å². The van der Waals surface area contributed by atoms with Crippen LogP contribution < -0.4 is 0 Å². The molecule has 6 heteroatoms. The normalized spacial score (nSPS) is 23.1. The van der Waals surface area contributed by atoms with E-state index in [-0.39, 0.29) is 29.4 Å². The van der Waals surface area contributed by atoms with Gasteiger partial charge < -0.3 is 4.74 Å². The number of fused-ring (bicyclic) bond motifs is 1. The van der Waals surface area contributed by atoms with Gasteiger partial charge >= 0.3 is 5.97 Å². The van der Waals surface area contributed by atoms with Crippen molar-refractivity contribution in [1.29, 1.82) is 0 Å². The number of likely N-dealkylation sites (tertiary alicyclic amines) is 1. The third-order valence-electron chi connectivity index (χ3n) is 5.69. The van der Waals surface area contributed by atoms with Crippen molar-refractivity contribution >= 4 is 23.6 Å². The zero-order valence-electron chi connectivity index (χ0n) is 16.0. The van der Waals surface area contributed by atoms with E-state index in [1.807, 2.05) is 19.9 Å². The number of aryl methyl sites for hydroxylation is 2. The Morgan fingerprint density at radius 2 is 1.67 bits per heavy atom. The Labute approximate surface area is 158 Å². The van der Waals surface area contributed by atoms with Crippen molar-refractivity contribution < 1.29 is 23.9 Å². The number of imide groups is 1. The second kappa shape index (κ2) is 7.62. The molecule has 1 heterocycles. The van der Waals surface area contributed by atoms with Crippen molar-refractivity contribution in [1.82, 2.24) is 4.90 Å². The summed E-state index contributed by atoms with van der Waals surface area (Å²) in [5.41, 5.74) is 2.52.